The fourth-order valence-corrected chi connectivity index (χ4v) is 7.98. The number of para-hydroxylation sites is 2. The van der Waals surface area contributed by atoms with Crippen LogP contribution < -0.4 is 4.74 Å². The molecule has 0 atom stereocenters. The maximum atomic E-state index is 6.91. The van der Waals surface area contributed by atoms with Gasteiger partial charge in [-0.05, 0) is 62.2 Å². The zero-order chi connectivity index (χ0) is 27.3. The summed E-state index contributed by atoms with van der Waals surface area (Å²) in [4.78, 5) is 0. The molecule has 0 radical (unpaired) electrons. The summed E-state index contributed by atoms with van der Waals surface area (Å²) >= 11 is 0. The molecule has 1 nitrogen and oxygen atoms in total. The smallest absolute Gasteiger partial charge is 0.140 e. The predicted molar refractivity (Wildman–Crippen MR) is 167 cm³/mol. The van der Waals surface area contributed by atoms with Gasteiger partial charge in [-0.2, -0.15) is 0 Å². The summed E-state index contributed by atoms with van der Waals surface area (Å²) in [5.74, 6) is 1.87. The van der Waals surface area contributed by atoms with Crippen molar-refractivity contribution in [2.45, 2.75) is 24.7 Å². The number of ether oxygens (including phenoxy) is 1. The summed E-state index contributed by atoms with van der Waals surface area (Å²) in [7, 11) is 0. The molecule has 0 saturated heterocycles. The van der Waals surface area contributed by atoms with Gasteiger partial charge < -0.3 is 4.74 Å². The first-order chi connectivity index (χ1) is 20.1. The van der Waals surface area contributed by atoms with Gasteiger partial charge in [-0.3, -0.25) is 0 Å². The van der Waals surface area contributed by atoms with Crippen molar-refractivity contribution >= 4 is 0 Å². The Hall–Kier alpha value is -4.88. The minimum absolute atomic E-state index is 0.0607. The van der Waals surface area contributed by atoms with Gasteiger partial charge in [0.15, 0.2) is 0 Å². The molecule has 0 fully saturated rings. The Morgan fingerprint density at radius 3 is 1.63 bits per heavy atom. The van der Waals surface area contributed by atoms with Gasteiger partial charge in [-0.15, -0.1) is 0 Å². The van der Waals surface area contributed by atoms with Crippen LogP contribution in [0.15, 0.2) is 133 Å². The topological polar surface area (TPSA) is 9.23 Å². The first kappa shape index (κ1) is 22.9. The van der Waals surface area contributed by atoms with Crippen LogP contribution in [0, 0.1) is 0 Å². The predicted octanol–water partition coefficient (Wildman–Crippen LogP) is 10.1. The number of rotatable bonds is 1. The maximum absolute atomic E-state index is 6.91. The standard InChI is InChI=1S/C40H28O/c1-39(2)31-16-6-3-12-27(31)30-23-22-25(24-36(30)39)26-15-11-20-35-38(26)41-37-21-10-9-19-34(37)40(35)32-17-7-4-13-28(32)29-14-5-8-18-33(29)40/h3-24H,1-2H3. The van der Waals surface area contributed by atoms with E-state index >= 15 is 0 Å². The van der Waals surface area contributed by atoms with E-state index < -0.39 is 5.41 Å². The van der Waals surface area contributed by atoms with Crippen molar-refractivity contribution < 1.29 is 4.74 Å². The molecule has 2 aliphatic carbocycles. The third kappa shape index (κ3) is 2.76. The number of benzene rings is 6. The highest BCUT2D eigenvalue weighted by Crippen LogP contribution is 2.63. The Bertz CT molecular complexity index is 2020. The molecule has 0 amide bonds. The van der Waals surface area contributed by atoms with Crippen LogP contribution >= 0.6 is 0 Å². The minimum Gasteiger partial charge on any atom is -0.456 e. The first-order valence-electron chi connectivity index (χ1n) is 14.4. The Labute approximate surface area is 240 Å². The molecule has 0 aromatic heterocycles. The van der Waals surface area contributed by atoms with Gasteiger partial charge >= 0.3 is 0 Å². The van der Waals surface area contributed by atoms with Gasteiger partial charge in [0.25, 0.3) is 0 Å². The van der Waals surface area contributed by atoms with E-state index in [-0.39, 0.29) is 5.41 Å². The van der Waals surface area contributed by atoms with Crippen LogP contribution in [0.5, 0.6) is 11.5 Å². The van der Waals surface area contributed by atoms with E-state index in [1.54, 1.807) is 0 Å². The SMILES string of the molecule is CC1(C)c2ccccc2-c2ccc(-c3cccc4c3Oc3ccccc3C43c4ccccc4-c4ccccc43)cc21. The van der Waals surface area contributed by atoms with Gasteiger partial charge in [-0.25, -0.2) is 0 Å². The Morgan fingerprint density at radius 1 is 0.415 bits per heavy atom. The lowest BCUT2D eigenvalue weighted by atomic mass is 9.65. The molecule has 1 spiro atoms. The summed E-state index contributed by atoms with van der Waals surface area (Å²) in [5, 5.41) is 0. The first-order valence-corrected chi connectivity index (χ1v) is 14.4. The van der Waals surface area contributed by atoms with E-state index in [4.69, 9.17) is 4.74 Å². The van der Waals surface area contributed by atoms with E-state index in [9.17, 15) is 0 Å². The normalized spacial score (nSPS) is 15.7. The highest BCUT2D eigenvalue weighted by molar-refractivity contribution is 5.91. The van der Waals surface area contributed by atoms with E-state index in [1.807, 2.05) is 0 Å². The lowest BCUT2D eigenvalue weighted by Gasteiger charge is -2.40. The number of fused-ring (bicyclic) bond motifs is 12. The molecule has 3 aliphatic rings. The fraction of sp³-hybridized carbons (Fsp3) is 0.100. The maximum Gasteiger partial charge on any atom is 0.140 e. The van der Waals surface area contributed by atoms with Crippen molar-refractivity contribution in [3.05, 3.63) is 167 Å². The van der Waals surface area contributed by atoms with E-state index in [2.05, 4.69) is 147 Å². The zero-order valence-electron chi connectivity index (χ0n) is 23.1. The second kappa shape index (κ2) is 7.86. The van der Waals surface area contributed by atoms with Crippen LogP contribution in [0.3, 0.4) is 0 Å². The molecule has 1 heteroatoms. The van der Waals surface area contributed by atoms with Crippen molar-refractivity contribution in [3.63, 3.8) is 0 Å². The molecule has 9 rings (SSSR count). The third-order valence-corrected chi connectivity index (χ3v) is 9.77. The second-order valence-electron chi connectivity index (χ2n) is 12.1. The molecule has 41 heavy (non-hydrogen) atoms. The van der Waals surface area contributed by atoms with Gasteiger partial charge in [0.05, 0.1) is 5.41 Å². The highest BCUT2D eigenvalue weighted by atomic mass is 16.5. The third-order valence-electron chi connectivity index (χ3n) is 9.77. The summed E-state index contributed by atoms with van der Waals surface area (Å²) in [6.45, 7) is 4.69. The van der Waals surface area contributed by atoms with E-state index in [1.165, 1.54) is 61.2 Å². The van der Waals surface area contributed by atoms with Crippen LogP contribution in [0.1, 0.15) is 47.2 Å². The molecule has 0 N–H and O–H groups in total. The molecular weight excluding hydrogens is 496 g/mol. The van der Waals surface area contributed by atoms with Crippen molar-refractivity contribution in [1.82, 2.24) is 0 Å². The van der Waals surface area contributed by atoms with Crippen LogP contribution in [0.4, 0.5) is 0 Å². The Kier molecular flexibility index (Phi) is 4.39. The zero-order valence-corrected chi connectivity index (χ0v) is 23.1. The lowest BCUT2D eigenvalue weighted by Crippen LogP contribution is -2.32. The number of hydrogen-bond donors (Lipinski definition) is 0. The van der Waals surface area contributed by atoms with Crippen molar-refractivity contribution in [3.8, 4) is 44.9 Å². The minimum atomic E-state index is -0.445. The lowest BCUT2D eigenvalue weighted by molar-refractivity contribution is 0.438. The van der Waals surface area contributed by atoms with E-state index in [0.29, 0.717) is 0 Å². The average molecular weight is 525 g/mol. The largest absolute Gasteiger partial charge is 0.456 e. The van der Waals surface area contributed by atoms with Gasteiger partial charge in [0, 0.05) is 22.1 Å². The van der Waals surface area contributed by atoms with Crippen LogP contribution in [0.2, 0.25) is 0 Å². The molecule has 194 valence electrons. The van der Waals surface area contributed by atoms with Crippen molar-refractivity contribution in [2.24, 2.45) is 0 Å². The van der Waals surface area contributed by atoms with Crippen LogP contribution in [0.25, 0.3) is 33.4 Å². The Balaban J connectivity index is 1.34. The summed E-state index contributed by atoms with van der Waals surface area (Å²) < 4.78 is 6.91. The quantitative estimate of drug-likeness (QED) is 0.208. The molecule has 0 unspecified atom stereocenters. The Morgan fingerprint density at radius 2 is 0.927 bits per heavy atom. The van der Waals surface area contributed by atoms with Gasteiger partial charge in [0.1, 0.15) is 11.5 Å². The fourth-order valence-electron chi connectivity index (χ4n) is 7.98. The van der Waals surface area contributed by atoms with Gasteiger partial charge in [-0.1, -0.05) is 135 Å². The van der Waals surface area contributed by atoms with Crippen LogP contribution in [-0.2, 0) is 10.8 Å². The van der Waals surface area contributed by atoms with Crippen molar-refractivity contribution in [1.29, 1.82) is 0 Å². The molecule has 6 aromatic rings. The molecule has 6 aromatic carbocycles. The molecule has 1 aliphatic heterocycles. The van der Waals surface area contributed by atoms with Gasteiger partial charge in [0.2, 0.25) is 0 Å². The summed E-state index contributed by atoms with van der Waals surface area (Å²) in [6.07, 6.45) is 0. The number of hydrogen-bond acceptors (Lipinski definition) is 1. The monoisotopic (exact) mass is 524 g/mol. The second-order valence-corrected chi connectivity index (χ2v) is 12.1. The average Bonchev–Trinajstić information content (AvgIpc) is 3.44. The summed E-state index contributed by atoms with van der Waals surface area (Å²) in [5.41, 5.74) is 14.9. The summed E-state index contributed by atoms with van der Waals surface area (Å²) in [6, 6.07) is 49.0. The molecule has 0 saturated carbocycles. The van der Waals surface area contributed by atoms with E-state index in [0.717, 1.165) is 17.1 Å². The molecule has 1 heterocycles. The molecular formula is C40H28O. The highest BCUT2D eigenvalue weighted by Gasteiger charge is 2.51. The van der Waals surface area contributed by atoms with Crippen LogP contribution in [-0.4, -0.2) is 0 Å². The van der Waals surface area contributed by atoms with Crippen molar-refractivity contribution in [2.75, 3.05) is 0 Å². The molecule has 0 bridgehead atoms.